The van der Waals surface area contributed by atoms with Gasteiger partial charge in [-0.05, 0) is 54.2 Å². The third-order valence-electron chi connectivity index (χ3n) is 5.81. The van der Waals surface area contributed by atoms with Crippen molar-refractivity contribution in [3.63, 3.8) is 0 Å². The van der Waals surface area contributed by atoms with E-state index in [9.17, 15) is 13.2 Å². The number of benzene rings is 3. The maximum absolute atomic E-state index is 13.7. The Balaban J connectivity index is 1.70. The Morgan fingerprint density at radius 2 is 1.71 bits per heavy atom. The van der Waals surface area contributed by atoms with Gasteiger partial charge in [0.1, 0.15) is 0 Å². The topological polar surface area (TPSA) is 54.5 Å². The van der Waals surface area contributed by atoms with Gasteiger partial charge >= 0.3 is 0 Å². The highest BCUT2D eigenvalue weighted by atomic mass is 32.2. The van der Waals surface area contributed by atoms with Crippen LogP contribution in [0, 0.1) is 6.92 Å². The molecule has 31 heavy (non-hydrogen) atoms. The second-order valence-corrected chi connectivity index (χ2v) is 10.6. The summed E-state index contributed by atoms with van der Waals surface area (Å²) in [6.45, 7) is 2.56. The van der Waals surface area contributed by atoms with Crippen LogP contribution in [0.3, 0.4) is 0 Å². The molecule has 3 aromatic carbocycles. The Bertz CT molecular complexity index is 1200. The number of carbonyl (C=O) groups excluding carboxylic acids is 1. The number of nitrogens with zero attached hydrogens (tertiary/aromatic N) is 1. The molecule has 5 heteroatoms. The molecule has 0 aliphatic heterocycles. The standard InChI is InChI=1S/C26H27NO3S/c1-19-10-12-20(13-11-19)17-27(25-15-14-22-7-3-4-9-24(22)25)26(28)23-8-5-6-21(16-23)18-31(2,29)30/h3-13,16,25H,14-15,17-18H2,1-2H3/t25-/m0/s1. The van der Waals surface area contributed by atoms with Crippen molar-refractivity contribution in [3.05, 3.63) is 106 Å². The third-order valence-corrected chi connectivity index (χ3v) is 6.67. The maximum atomic E-state index is 13.7. The highest BCUT2D eigenvalue weighted by Gasteiger charge is 2.31. The zero-order valence-electron chi connectivity index (χ0n) is 17.9. The van der Waals surface area contributed by atoms with Gasteiger partial charge in [-0.15, -0.1) is 0 Å². The molecule has 0 spiro atoms. The first-order valence-electron chi connectivity index (χ1n) is 10.5. The van der Waals surface area contributed by atoms with Crippen LogP contribution in [-0.4, -0.2) is 25.5 Å². The fraction of sp³-hybridized carbons (Fsp3) is 0.269. The average molecular weight is 434 g/mol. The summed E-state index contributed by atoms with van der Waals surface area (Å²) in [5, 5.41) is 0. The van der Waals surface area contributed by atoms with E-state index in [1.807, 2.05) is 24.0 Å². The summed E-state index contributed by atoms with van der Waals surface area (Å²) in [4.78, 5) is 15.6. The van der Waals surface area contributed by atoms with Gasteiger partial charge in [0.05, 0.1) is 11.8 Å². The van der Waals surface area contributed by atoms with Crippen LogP contribution >= 0.6 is 0 Å². The molecule has 0 unspecified atom stereocenters. The predicted molar refractivity (Wildman–Crippen MR) is 124 cm³/mol. The molecule has 0 radical (unpaired) electrons. The van der Waals surface area contributed by atoms with Gasteiger partial charge in [0, 0.05) is 18.4 Å². The molecule has 0 aromatic heterocycles. The SMILES string of the molecule is Cc1ccc(CN(C(=O)c2cccc(CS(C)(=O)=O)c2)[C@H]2CCc3ccccc32)cc1. The number of sulfone groups is 1. The van der Waals surface area contributed by atoms with Gasteiger partial charge in [-0.25, -0.2) is 8.42 Å². The predicted octanol–water partition coefficient (Wildman–Crippen LogP) is 4.87. The molecule has 0 fully saturated rings. The zero-order valence-corrected chi connectivity index (χ0v) is 18.7. The zero-order chi connectivity index (χ0) is 22.0. The number of rotatable bonds is 6. The Morgan fingerprint density at radius 1 is 0.968 bits per heavy atom. The monoisotopic (exact) mass is 433 g/mol. The average Bonchev–Trinajstić information content (AvgIpc) is 3.16. The number of hydrogen-bond donors (Lipinski definition) is 0. The van der Waals surface area contributed by atoms with E-state index in [4.69, 9.17) is 0 Å². The highest BCUT2D eigenvalue weighted by molar-refractivity contribution is 7.89. The van der Waals surface area contributed by atoms with Crippen LogP contribution in [-0.2, 0) is 28.6 Å². The van der Waals surface area contributed by atoms with Crippen LogP contribution in [0.4, 0.5) is 0 Å². The molecule has 4 rings (SSSR count). The quantitative estimate of drug-likeness (QED) is 0.557. The van der Waals surface area contributed by atoms with Crippen molar-refractivity contribution in [3.8, 4) is 0 Å². The van der Waals surface area contributed by atoms with Gasteiger partial charge in [-0.3, -0.25) is 4.79 Å². The minimum atomic E-state index is -3.17. The van der Waals surface area contributed by atoms with Crippen LogP contribution in [0.2, 0.25) is 0 Å². The molecule has 1 amide bonds. The van der Waals surface area contributed by atoms with E-state index >= 15 is 0 Å². The first-order chi connectivity index (χ1) is 14.8. The van der Waals surface area contributed by atoms with Gasteiger partial charge in [0.25, 0.3) is 5.91 Å². The van der Waals surface area contributed by atoms with E-state index in [-0.39, 0.29) is 17.7 Å². The summed E-state index contributed by atoms with van der Waals surface area (Å²) in [5.74, 6) is -0.143. The van der Waals surface area contributed by atoms with Crippen molar-refractivity contribution in [1.82, 2.24) is 4.90 Å². The van der Waals surface area contributed by atoms with Crippen LogP contribution < -0.4 is 0 Å². The van der Waals surface area contributed by atoms with E-state index in [0.29, 0.717) is 17.7 Å². The van der Waals surface area contributed by atoms with E-state index in [1.165, 1.54) is 22.9 Å². The van der Waals surface area contributed by atoms with Gasteiger partial charge < -0.3 is 4.90 Å². The third kappa shape index (κ3) is 5.05. The smallest absolute Gasteiger partial charge is 0.254 e. The normalized spacial score (nSPS) is 15.5. The van der Waals surface area contributed by atoms with Crippen molar-refractivity contribution in [2.45, 2.75) is 38.1 Å². The second kappa shape index (κ2) is 8.67. The lowest BCUT2D eigenvalue weighted by Gasteiger charge is -2.30. The van der Waals surface area contributed by atoms with Crippen LogP contribution in [0.5, 0.6) is 0 Å². The van der Waals surface area contributed by atoms with E-state index in [1.54, 1.807) is 24.3 Å². The number of amides is 1. The van der Waals surface area contributed by atoms with Crippen LogP contribution in [0.1, 0.15) is 50.6 Å². The Hall–Kier alpha value is -2.92. The summed E-state index contributed by atoms with van der Waals surface area (Å²) in [7, 11) is -3.17. The largest absolute Gasteiger partial charge is 0.327 e. The molecule has 1 atom stereocenters. The van der Waals surface area contributed by atoms with Crippen molar-refractivity contribution < 1.29 is 13.2 Å². The number of aryl methyl sites for hydroxylation is 2. The van der Waals surface area contributed by atoms with Gasteiger partial charge in [-0.1, -0.05) is 66.2 Å². The lowest BCUT2D eigenvalue weighted by molar-refractivity contribution is 0.0658. The van der Waals surface area contributed by atoms with Crippen LogP contribution in [0.25, 0.3) is 0 Å². The molecular weight excluding hydrogens is 406 g/mol. The summed E-state index contributed by atoms with van der Waals surface area (Å²) in [6, 6.07) is 23.6. The molecule has 3 aromatic rings. The molecule has 1 aliphatic rings. The van der Waals surface area contributed by atoms with Gasteiger partial charge in [0.2, 0.25) is 0 Å². The van der Waals surface area contributed by atoms with Crippen molar-refractivity contribution >= 4 is 15.7 Å². The van der Waals surface area contributed by atoms with E-state index in [2.05, 4.69) is 36.4 Å². The fourth-order valence-corrected chi connectivity index (χ4v) is 5.12. The Labute approximate surface area is 184 Å². The molecule has 0 heterocycles. The summed E-state index contributed by atoms with van der Waals surface area (Å²) in [5.41, 5.74) is 5.92. The summed E-state index contributed by atoms with van der Waals surface area (Å²) < 4.78 is 23.5. The second-order valence-electron chi connectivity index (χ2n) is 8.44. The van der Waals surface area contributed by atoms with Gasteiger partial charge in [-0.2, -0.15) is 0 Å². The highest BCUT2D eigenvalue weighted by Crippen LogP contribution is 2.37. The molecule has 0 N–H and O–H groups in total. The molecule has 0 saturated heterocycles. The van der Waals surface area contributed by atoms with E-state index < -0.39 is 9.84 Å². The Morgan fingerprint density at radius 3 is 2.45 bits per heavy atom. The van der Waals surface area contributed by atoms with E-state index in [0.717, 1.165) is 18.4 Å². The number of fused-ring (bicyclic) bond motifs is 1. The van der Waals surface area contributed by atoms with Crippen molar-refractivity contribution in [2.24, 2.45) is 0 Å². The van der Waals surface area contributed by atoms with Crippen molar-refractivity contribution in [1.29, 1.82) is 0 Å². The molecule has 160 valence electrons. The first-order valence-corrected chi connectivity index (χ1v) is 12.6. The maximum Gasteiger partial charge on any atom is 0.254 e. The summed E-state index contributed by atoms with van der Waals surface area (Å²) >= 11 is 0. The van der Waals surface area contributed by atoms with Crippen LogP contribution in [0.15, 0.2) is 72.8 Å². The first kappa shape index (κ1) is 21.3. The number of carbonyl (C=O) groups is 1. The molecule has 1 aliphatic carbocycles. The minimum Gasteiger partial charge on any atom is -0.327 e. The fourth-order valence-electron chi connectivity index (χ4n) is 4.33. The molecule has 4 nitrogen and oxygen atoms in total. The molecule has 0 saturated carbocycles. The van der Waals surface area contributed by atoms with Gasteiger partial charge in [0.15, 0.2) is 9.84 Å². The lowest BCUT2D eigenvalue weighted by Crippen LogP contribution is -2.33. The molecule has 0 bridgehead atoms. The summed E-state index contributed by atoms with van der Waals surface area (Å²) in [6.07, 6.45) is 3.05. The molecular formula is C26H27NO3S. The minimum absolute atomic E-state index is 0.00330. The van der Waals surface area contributed by atoms with Crippen molar-refractivity contribution in [2.75, 3.05) is 6.26 Å². The number of hydrogen-bond acceptors (Lipinski definition) is 3. The lowest BCUT2D eigenvalue weighted by atomic mass is 10.0. The Kier molecular flexibility index (Phi) is 5.96.